The normalized spacial score (nSPS) is 10.4. The van der Waals surface area contributed by atoms with Crippen molar-refractivity contribution in [2.24, 2.45) is 0 Å². The summed E-state index contributed by atoms with van der Waals surface area (Å²) in [5.41, 5.74) is 1.17. The molecule has 0 aliphatic rings. The Morgan fingerprint density at radius 3 is 2.74 bits per heavy atom. The van der Waals surface area contributed by atoms with Crippen LogP contribution in [0.5, 0.6) is 0 Å². The van der Waals surface area contributed by atoms with Gasteiger partial charge in [0.05, 0.1) is 23.6 Å². The maximum absolute atomic E-state index is 12.3. The molecule has 0 radical (unpaired) electrons. The van der Waals surface area contributed by atoms with Crippen molar-refractivity contribution in [1.82, 2.24) is 9.97 Å². The minimum Gasteiger partial charge on any atom is -0.462 e. The van der Waals surface area contributed by atoms with Crippen molar-refractivity contribution in [3.8, 4) is 0 Å². The molecule has 0 saturated carbocycles. The van der Waals surface area contributed by atoms with Crippen molar-refractivity contribution in [3.05, 3.63) is 51.9 Å². The lowest BCUT2D eigenvalue weighted by atomic mass is 10.2. The predicted molar refractivity (Wildman–Crippen MR) is 105 cm³/mol. The molecule has 7 nitrogen and oxygen atoms in total. The van der Waals surface area contributed by atoms with Crippen LogP contribution in [0.2, 0.25) is 0 Å². The first kappa shape index (κ1) is 20.7. The van der Waals surface area contributed by atoms with Crippen LogP contribution in [-0.4, -0.2) is 34.2 Å². The zero-order chi connectivity index (χ0) is 19.6. The number of nitrogens with one attached hydrogen (secondary N) is 2. The van der Waals surface area contributed by atoms with Gasteiger partial charge in [-0.1, -0.05) is 44.2 Å². The van der Waals surface area contributed by atoms with Gasteiger partial charge in [0.2, 0.25) is 5.91 Å². The molecule has 144 valence electrons. The number of rotatable bonds is 9. The highest BCUT2D eigenvalue weighted by Crippen LogP contribution is 2.18. The summed E-state index contributed by atoms with van der Waals surface area (Å²) in [6, 6.07) is 8.15. The first-order chi connectivity index (χ1) is 13.0. The second kappa shape index (κ2) is 10.5. The number of ether oxygens (including phenoxy) is 1. The van der Waals surface area contributed by atoms with E-state index in [1.54, 1.807) is 24.3 Å². The second-order valence-corrected chi connectivity index (χ2v) is 6.77. The van der Waals surface area contributed by atoms with Gasteiger partial charge in [-0.25, -0.2) is 9.78 Å². The van der Waals surface area contributed by atoms with Crippen molar-refractivity contribution in [3.63, 3.8) is 0 Å². The highest BCUT2D eigenvalue weighted by Gasteiger charge is 2.14. The summed E-state index contributed by atoms with van der Waals surface area (Å²) in [6.45, 7) is 4.24. The average molecular weight is 389 g/mol. The van der Waals surface area contributed by atoms with Crippen molar-refractivity contribution in [1.29, 1.82) is 0 Å². The van der Waals surface area contributed by atoms with Gasteiger partial charge in [0, 0.05) is 11.8 Å². The fourth-order valence-corrected chi connectivity index (χ4v) is 2.99. The Morgan fingerprint density at radius 2 is 2.00 bits per heavy atom. The number of carbonyl (C=O) groups is 2. The van der Waals surface area contributed by atoms with E-state index in [4.69, 9.17) is 4.74 Å². The standard InChI is InChI=1S/C19H23N3O4S/c1-3-7-13-11-16(23)22-19(20-13)27-12-17(24)21-15-9-6-5-8-14(15)18(25)26-10-4-2/h5-6,8-9,11H,3-4,7,10,12H2,1-2H3,(H,21,24)(H,20,22,23). The lowest BCUT2D eigenvalue weighted by Gasteiger charge is -2.10. The maximum atomic E-state index is 12.3. The molecule has 2 aromatic rings. The summed E-state index contributed by atoms with van der Waals surface area (Å²) < 4.78 is 5.13. The van der Waals surface area contributed by atoms with E-state index < -0.39 is 5.97 Å². The van der Waals surface area contributed by atoms with Gasteiger partial charge in [-0.15, -0.1) is 0 Å². The van der Waals surface area contributed by atoms with E-state index >= 15 is 0 Å². The van der Waals surface area contributed by atoms with Crippen molar-refractivity contribution < 1.29 is 14.3 Å². The monoisotopic (exact) mass is 389 g/mol. The third kappa shape index (κ3) is 6.56. The van der Waals surface area contributed by atoms with Crippen LogP contribution in [-0.2, 0) is 16.0 Å². The van der Waals surface area contributed by atoms with Gasteiger partial charge in [-0.05, 0) is 25.0 Å². The van der Waals surface area contributed by atoms with Crippen LogP contribution in [0, 0.1) is 0 Å². The van der Waals surface area contributed by atoms with Gasteiger partial charge in [0.25, 0.3) is 5.56 Å². The Balaban J connectivity index is 2.00. The molecule has 1 amide bonds. The molecule has 1 heterocycles. The minimum atomic E-state index is -0.473. The molecule has 2 N–H and O–H groups in total. The molecule has 0 unspecified atom stereocenters. The van der Waals surface area contributed by atoms with Crippen molar-refractivity contribution in [2.75, 3.05) is 17.7 Å². The molecular weight excluding hydrogens is 366 g/mol. The molecule has 8 heteroatoms. The summed E-state index contributed by atoms with van der Waals surface area (Å²) in [7, 11) is 0. The van der Waals surface area contributed by atoms with Crippen LogP contribution >= 0.6 is 11.8 Å². The Labute approximate surface area is 161 Å². The van der Waals surface area contributed by atoms with Gasteiger partial charge in [-0.2, -0.15) is 0 Å². The average Bonchev–Trinajstić information content (AvgIpc) is 2.65. The highest BCUT2D eigenvalue weighted by molar-refractivity contribution is 7.99. The number of aryl methyl sites for hydroxylation is 1. The fourth-order valence-electron chi connectivity index (χ4n) is 2.30. The van der Waals surface area contributed by atoms with Crippen LogP contribution in [0.1, 0.15) is 42.7 Å². The van der Waals surface area contributed by atoms with E-state index in [0.717, 1.165) is 24.6 Å². The number of nitrogens with zero attached hydrogens (tertiary/aromatic N) is 1. The van der Waals surface area contributed by atoms with Gasteiger partial charge >= 0.3 is 5.97 Å². The Morgan fingerprint density at radius 1 is 1.22 bits per heavy atom. The summed E-state index contributed by atoms with van der Waals surface area (Å²) in [4.78, 5) is 43.0. The topological polar surface area (TPSA) is 101 Å². The van der Waals surface area contributed by atoms with E-state index in [9.17, 15) is 14.4 Å². The van der Waals surface area contributed by atoms with Crippen molar-refractivity contribution in [2.45, 2.75) is 38.3 Å². The Kier molecular flexibility index (Phi) is 8.06. The molecule has 0 atom stereocenters. The number of hydrogen-bond acceptors (Lipinski definition) is 6. The predicted octanol–water partition coefficient (Wildman–Crippen LogP) is 3.02. The molecule has 2 rings (SSSR count). The van der Waals surface area contributed by atoms with Gasteiger partial charge < -0.3 is 15.0 Å². The smallest absolute Gasteiger partial charge is 0.340 e. The Bertz CT molecular complexity index is 851. The van der Waals surface area contributed by atoms with Crippen LogP contribution in [0.25, 0.3) is 0 Å². The number of H-pyrrole nitrogens is 1. The van der Waals surface area contributed by atoms with E-state index in [0.29, 0.717) is 35.1 Å². The molecule has 0 bridgehead atoms. The summed E-state index contributed by atoms with van der Waals surface area (Å²) >= 11 is 1.14. The number of amides is 1. The second-order valence-electron chi connectivity index (χ2n) is 5.81. The van der Waals surface area contributed by atoms with Crippen LogP contribution in [0.15, 0.2) is 40.3 Å². The summed E-state index contributed by atoms with van der Waals surface area (Å²) in [5.74, 6) is -0.727. The largest absolute Gasteiger partial charge is 0.462 e. The molecular formula is C19H23N3O4S. The van der Waals surface area contributed by atoms with E-state index in [2.05, 4.69) is 15.3 Å². The molecule has 27 heavy (non-hydrogen) atoms. The highest BCUT2D eigenvalue weighted by atomic mass is 32.2. The van der Waals surface area contributed by atoms with Crippen LogP contribution < -0.4 is 10.9 Å². The van der Waals surface area contributed by atoms with E-state index in [-0.39, 0.29) is 17.2 Å². The molecule has 1 aromatic carbocycles. The number of benzene rings is 1. The zero-order valence-corrected chi connectivity index (χ0v) is 16.2. The van der Waals surface area contributed by atoms with Crippen LogP contribution in [0.4, 0.5) is 5.69 Å². The van der Waals surface area contributed by atoms with Gasteiger partial charge in [0.1, 0.15) is 0 Å². The fraction of sp³-hybridized carbons (Fsp3) is 0.368. The first-order valence-electron chi connectivity index (χ1n) is 8.82. The van der Waals surface area contributed by atoms with Gasteiger partial charge in [-0.3, -0.25) is 9.59 Å². The Hall–Kier alpha value is -2.61. The molecule has 0 aliphatic heterocycles. The lowest BCUT2D eigenvalue weighted by molar-refractivity contribution is -0.113. The number of anilines is 1. The number of carbonyl (C=O) groups excluding carboxylic acids is 2. The number of para-hydroxylation sites is 1. The molecule has 0 aliphatic carbocycles. The quantitative estimate of drug-likeness (QED) is 0.388. The van der Waals surface area contributed by atoms with E-state index in [1.807, 2.05) is 13.8 Å². The minimum absolute atomic E-state index is 0.0524. The molecule has 0 saturated heterocycles. The first-order valence-corrected chi connectivity index (χ1v) is 9.81. The van der Waals surface area contributed by atoms with Crippen LogP contribution in [0.3, 0.4) is 0 Å². The number of thioether (sulfide) groups is 1. The summed E-state index contributed by atoms with van der Waals surface area (Å²) in [5, 5.41) is 3.11. The number of esters is 1. The summed E-state index contributed by atoms with van der Waals surface area (Å²) in [6.07, 6.45) is 2.31. The number of aromatic amines is 1. The lowest BCUT2D eigenvalue weighted by Crippen LogP contribution is -2.18. The van der Waals surface area contributed by atoms with Gasteiger partial charge in [0.15, 0.2) is 5.16 Å². The number of aromatic nitrogens is 2. The maximum Gasteiger partial charge on any atom is 0.340 e. The molecule has 1 aromatic heterocycles. The third-order valence-electron chi connectivity index (χ3n) is 3.48. The van der Waals surface area contributed by atoms with E-state index in [1.165, 1.54) is 6.07 Å². The molecule has 0 spiro atoms. The SMILES string of the molecule is CCCOC(=O)c1ccccc1NC(=O)CSc1nc(CCC)cc(=O)[nH]1. The van der Waals surface area contributed by atoms with Crippen molar-refractivity contribution >= 4 is 29.3 Å². The molecule has 0 fully saturated rings. The zero-order valence-electron chi connectivity index (χ0n) is 15.4. The number of hydrogen-bond donors (Lipinski definition) is 2. The third-order valence-corrected chi connectivity index (χ3v) is 4.35.